The van der Waals surface area contributed by atoms with Crippen LogP contribution in [0.25, 0.3) is 22.2 Å². The molecule has 5 rings (SSSR count). The monoisotopic (exact) mass is 770 g/mol. The molecule has 2 saturated heterocycles. The molecule has 1 amide bonds. The Morgan fingerprint density at radius 1 is 1.11 bits per heavy atom. The number of nitrogens with two attached hydrogens (primary N) is 1. The first-order chi connectivity index (χ1) is 17.8. The standard InChI is InChI=1S/C22H21ClN6O2.C5H11N.Cf/c1-4-20(30)28-5-7-29(8-6-28)21-15-11-16(23)14(12-18(15)26-22(27-21)31-3)17-9-13(2)10-19(24)25-17;1-6-4-2-3-5-6;/h4,10-11H,1,5-8H2,2-3H3,(H2,24,25);2-5H2,1H3;/q-2;;. The molecular formula is C27H32CfClN7O2-2. The van der Waals surface area contributed by atoms with E-state index in [0.29, 0.717) is 59.6 Å². The molecule has 11 heteroatoms. The van der Waals surface area contributed by atoms with Crippen LogP contribution in [0.1, 0.15) is 18.4 Å². The number of benzene rings is 1. The third-order valence-electron chi connectivity index (χ3n) is 6.39. The van der Waals surface area contributed by atoms with Gasteiger partial charge in [0.1, 0.15) is 5.82 Å². The summed E-state index contributed by atoms with van der Waals surface area (Å²) in [5.74, 6) is 0.980. The van der Waals surface area contributed by atoms with E-state index in [1.54, 1.807) is 17.0 Å². The summed E-state index contributed by atoms with van der Waals surface area (Å²) in [4.78, 5) is 31.4. The zero-order valence-electron chi connectivity index (χ0n) is 21.9. The molecule has 0 spiro atoms. The second kappa shape index (κ2) is 12.2. The summed E-state index contributed by atoms with van der Waals surface area (Å²) >= 11 is 6.61. The Kier molecular flexibility index (Phi) is 9.04. The molecule has 38 heavy (non-hydrogen) atoms. The summed E-state index contributed by atoms with van der Waals surface area (Å²) in [6.07, 6.45) is 4.16. The number of carbonyl (C=O) groups excluding carboxylic acids is 1. The summed E-state index contributed by atoms with van der Waals surface area (Å²) < 4.78 is 5.32. The minimum Gasteiger partial charge on any atom is -0.467 e. The van der Waals surface area contributed by atoms with Crippen molar-refractivity contribution in [2.75, 3.05) is 64.1 Å². The van der Waals surface area contributed by atoms with Gasteiger partial charge in [-0.15, -0.1) is 17.8 Å². The van der Waals surface area contributed by atoms with Crippen LogP contribution in [-0.2, 0) is 4.79 Å². The van der Waals surface area contributed by atoms with Gasteiger partial charge >= 0.3 is 6.01 Å². The maximum absolute atomic E-state index is 11.9. The summed E-state index contributed by atoms with van der Waals surface area (Å²) in [6.45, 7) is 10.4. The molecule has 0 saturated carbocycles. The van der Waals surface area contributed by atoms with Crippen molar-refractivity contribution >= 4 is 40.0 Å². The number of pyridine rings is 1. The second-order valence-electron chi connectivity index (χ2n) is 9.15. The quantitative estimate of drug-likeness (QED) is 0.319. The maximum atomic E-state index is 11.9. The molecule has 0 bridgehead atoms. The van der Waals surface area contributed by atoms with Crippen LogP contribution in [0.4, 0.5) is 11.6 Å². The fraction of sp³-hybridized carbons (Fsp3) is 0.407. The predicted octanol–water partition coefficient (Wildman–Crippen LogP) is 3.39. The van der Waals surface area contributed by atoms with Gasteiger partial charge in [-0.1, -0.05) is 18.5 Å². The second-order valence-corrected chi connectivity index (χ2v) is 9.56. The molecule has 0 unspecified atom stereocenters. The number of fused-ring (bicyclic) bond motifs is 1. The third kappa shape index (κ3) is 6.27. The summed E-state index contributed by atoms with van der Waals surface area (Å²) in [5.41, 5.74) is 8.34. The molecule has 2 fully saturated rings. The first kappa shape index (κ1) is 28.1. The van der Waals surface area contributed by atoms with E-state index in [-0.39, 0.29) is 11.9 Å². The molecule has 2 aliphatic rings. The van der Waals surface area contributed by atoms with Crippen LogP contribution in [0.5, 0.6) is 6.01 Å². The van der Waals surface area contributed by atoms with Gasteiger partial charge in [0.05, 0.1) is 12.9 Å². The number of carbonyl (C=O) groups is 1. The summed E-state index contributed by atoms with van der Waals surface area (Å²) in [5, 5.41) is 1.18. The average molecular weight is 773 g/mol. The molecule has 2 N–H and O–H groups in total. The number of hydrogen-bond acceptors (Lipinski definition) is 8. The number of piperazine rings is 1. The number of halogens is 1. The largest absolute Gasteiger partial charge is 0.467 e. The smallest absolute Gasteiger partial charge is 0.316 e. The van der Waals surface area contributed by atoms with E-state index in [0.717, 1.165) is 10.9 Å². The van der Waals surface area contributed by atoms with Crippen molar-refractivity contribution in [2.24, 2.45) is 0 Å². The van der Waals surface area contributed by atoms with E-state index in [1.807, 2.05) is 6.92 Å². The normalized spacial score (nSPS) is 15.5. The number of ether oxygens (including phenoxy) is 1. The van der Waals surface area contributed by atoms with Crippen molar-refractivity contribution in [3.63, 3.8) is 0 Å². The molecule has 1 aromatic carbocycles. The zero-order valence-corrected chi connectivity index (χ0v) is 25.3. The van der Waals surface area contributed by atoms with Crippen molar-refractivity contribution < 1.29 is 9.53 Å². The van der Waals surface area contributed by atoms with Gasteiger partial charge < -0.3 is 30.2 Å². The number of aromatic nitrogens is 3. The Hall–Kier alpha value is -4.43. The van der Waals surface area contributed by atoms with Crippen LogP contribution in [0.2, 0.25) is 5.02 Å². The average Bonchev–Trinajstić information content (AvgIpc) is 3.38. The number of rotatable bonds is 4. The number of methoxy groups -OCH3 is 1. The first-order valence-electron chi connectivity index (χ1n) is 12.3. The van der Waals surface area contributed by atoms with Crippen LogP contribution >= 0.6 is 11.6 Å². The van der Waals surface area contributed by atoms with Crippen molar-refractivity contribution in [2.45, 2.75) is 19.8 Å². The minimum absolute atomic E-state index is 0. The van der Waals surface area contributed by atoms with Crippen molar-refractivity contribution in [1.29, 1.82) is 0 Å². The number of anilines is 2. The number of amides is 1. The number of nitrogen functional groups attached to an aromatic ring is 1. The van der Waals surface area contributed by atoms with Crippen LogP contribution in [0.15, 0.2) is 24.8 Å². The number of likely N-dealkylation sites (tertiary alicyclic amines) is 1. The van der Waals surface area contributed by atoms with Crippen LogP contribution in [-0.4, -0.2) is 84.1 Å². The summed E-state index contributed by atoms with van der Waals surface area (Å²) in [7, 11) is 3.69. The van der Waals surface area contributed by atoms with Crippen LogP contribution in [0, 0.1) is 19.1 Å². The van der Waals surface area contributed by atoms with Crippen molar-refractivity contribution in [3.05, 3.63) is 47.5 Å². The molecule has 4 heterocycles. The molecule has 206 valence electrons. The van der Waals surface area contributed by atoms with Crippen LogP contribution < -0.4 is 15.4 Å². The fourth-order valence-electron chi connectivity index (χ4n) is 4.44. The van der Waals surface area contributed by atoms with Crippen molar-refractivity contribution in [1.82, 2.24) is 24.8 Å². The first-order valence-corrected chi connectivity index (χ1v) is 12.7. The van der Waals surface area contributed by atoms with Gasteiger partial charge in [-0.2, -0.15) is 28.2 Å². The van der Waals surface area contributed by atoms with Gasteiger partial charge in [0, 0.05) is 26.2 Å². The molecule has 3 aromatic rings. The van der Waals surface area contributed by atoms with Crippen molar-refractivity contribution in [3.8, 4) is 17.3 Å². The van der Waals surface area contributed by atoms with Gasteiger partial charge in [-0.3, -0.25) is 4.79 Å². The number of hydrogen-bond donors (Lipinski definition) is 1. The van der Waals surface area contributed by atoms with Crippen LogP contribution in [0.3, 0.4) is 0 Å². The Morgan fingerprint density at radius 2 is 1.79 bits per heavy atom. The van der Waals surface area contributed by atoms with Gasteiger partial charge in [0.15, 0.2) is 0 Å². The Bertz CT molecular complexity index is 1270. The van der Waals surface area contributed by atoms with E-state index in [1.165, 1.54) is 39.1 Å². The Labute approximate surface area is 222 Å². The molecular weight excluding hydrogens is 741 g/mol. The summed E-state index contributed by atoms with van der Waals surface area (Å²) in [6, 6.07) is 10.2. The molecule has 2 aliphatic heterocycles. The van der Waals surface area contributed by atoms with E-state index in [9.17, 15) is 4.79 Å². The molecule has 9 nitrogen and oxygen atoms in total. The van der Waals surface area contributed by atoms with E-state index in [4.69, 9.17) is 22.1 Å². The van der Waals surface area contributed by atoms with E-state index < -0.39 is 0 Å². The fourth-order valence-corrected chi connectivity index (χ4v) is 4.69. The SMILES string of the molecule is C=CC(=O)N1CCN(c2nc(OC)nc3[c-]c(-c4[c-]c(C)cc(N)n4)c(Cl)cc23)CC1.CN1CCCC1.[Cf]. The van der Waals surface area contributed by atoms with Gasteiger partial charge in [0.2, 0.25) is 5.91 Å². The Balaban J connectivity index is 0.000000504. The molecule has 0 atom stereocenters. The van der Waals surface area contributed by atoms with Gasteiger partial charge in [-0.25, -0.2) is 16.6 Å². The minimum atomic E-state index is -0.0769. The topological polar surface area (TPSA) is 101 Å². The zero-order chi connectivity index (χ0) is 26.5. The molecule has 0 aliphatic carbocycles. The molecule has 2 aromatic heterocycles. The predicted molar refractivity (Wildman–Crippen MR) is 147 cm³/mol. The van der Waals surface area contributed by atoms with Gasteiger partial charge in [0.25, 0.3) is 0 Å². The third-order valence-corrected chi connectivity index (χ3v) is 6.69. The Morgan fingerprint density at radius 3 is 2.34 bits per heavy atom. The van der Waals surface area contributed by atoms with Gasteiger partial charge in [-0.05, 0) is 50.0 Å². The van der Waals surface area contributed by atoms with E-state index >= 15 is 0 Å². The molecule has 0 radical (unpaired) electrons. The van der Waals surface area contributed by atoms with E-state index in [2.05, 4.69) is 50.5 Å². The number of nitrogens with zero attached hydrogens (tertiary/aromatic N) is 6. The number of aryl methyl sites for hydroxylation is 1. The maximum Gasteiger partial charge on any atom is 0.316 e.